The summed E-state index contributed by atoms with van der Waals surface area (Å²) in [5, 5.41) is 1.26. The summed E-state index contributed by atoms with van der Waals surface area (Å²) in [6.45, 7) is 1.91. The maximum absolute atomic E-state index is 14.5. The van der Waals surface area contributed by atoms with Crippen LogP contribution in [-0.2, 0) is 43.1 Å². The molecule has 4 aromatic rings. The molecule has 1 amide bonds. The molecule has 0 saturated heterocycles. The molecule has 208 valence electrons. The molecule has 0 radical (unpaired) electrons. The number of amides is 1. The lowest BCUT2D eigenvalue weighted by Crippen LogP contribution is -2.33. The topological polar surface area (TPSA) is 74.3 Å². The van der Waals surface area contributed by atoms with E-state index in [9.17, 15) is 9.36 Å². The van der Waals surface area contributed by atoms with Crippen LogP contribution >= 0.6 is 7.60 Å². The fourth-order valence-electron chi connectivity index (χ4n) is 3.89. The Labute approximate surface area is 235 Å². The first-order chi connectivity index (χ1) is 19.5. The molecule has 0 aliphatic carbocycles. The molecule has 1 atom stereocenters. The molecule has 7 nitrogen and oxygen atoms in total. The van der Waals surface area contributed by atoms with Crippen LogP contribution in [0.25, 0.3) is 0 Å². The Balaban J connectivity index is 1.55. The summed E-state index contributed by atoms with van der Waals surface area (Å²) in [6.07, 6.45) is 0.143. The van der Waals surface area contributed by atoms with Crippen LogP contribution in [0.2, 0.25) is 0 Å². The Morgan fingerprint density at radius 1 is 0.675 bits per heavy atom. The van der Waals surface area contributed by atoms with Crippen molar-refractivity contribution in [2.75, 3.05) is 6.54 Å². The second-order valence-corrected chi connectivity index (χ2v) is 11.3. The Morgan fingerprint density at radius 2 is 1.10 bits per heavy atom. The lowest BCUT2D eigenvalue weighted by Gasteiger charge is -2.29. The number of hydrogen-bond acceptors (Lipinski definition) is 6. The van der Waals surface area contributed by atoms with Gasteiger partial charge in [-0.1, -0.05) is 109 Å². The molecule has 0 aliphatic rings. The largest absolute Gasteiger partial charge is 0.478 e. The van der Waals surface area contributed by atoms with Gasteiger partial charge in [-0.25, -0.2) is 5.06 Å². The van der Waals surface area contributed by atoms with Crippen molar-refractivity contribution in [3.63, 3.8) is 0 Å². The van der Waals surface area contributed by atoms with E-state index in [4.69, 9.17) is 18.6 Å². The zero-order valence-electron chi connectivity index (χ0n) is 22.5. The van der Waals surface area contributed by atoms with Crippen molar-refractivity contribution in [2.24, 2.45) is 0 Å². The van der Waals surface area contributed by atoms with Gasteiger partial charge in [-0.15, -0.1) is 0 Å². The van der Waals surface area contributed by atoms with Crippen molar-refractivity contribution >= 4 is 13.5 Å². The van der Waals surface area contributed by atoms with E-state index in [-0.39, 0.29) is 38.7 Å². The average Bonchev–Trinajstić information content (AvgIpc) is 3.00. The molecule has 0 bridgehead atoms. The third-order valence-corrected chi connectivity index (χ3v) is 8.08. The van der Waals surface area contributed by atoms with E-state index in [1.165, 1.54) is 12.0 Å². The first-order valence-corrected chi connectivity index (χ1v) is 14.8. The van der Waals surface area contributed by atoms with Crippen molar-refractivity contribution in [2.45, 2.75) is 39.0 Å². The quantitative estimate of drug-likeness (QED) is 0.112. The minimum Gasteiger partial charge on any atom is -0.478 e. The van der Waals surface area contributed by atoms with Crippen LogP contribution in [0, 0.1) is 0 Å². The van der Waals surface area contributed by atoms with Crippen LogP contribution in [0.3, 0.4) is 0 Å². The van der Waals surface area contributed by atoms with E-state index in [0.717, 1.165) is 16.7 Å². The Morgan fingerprint density at radius 3 is 1.55 bits per heavy atom. The number of para-hydroxylation sites is 1. The van der Waals surface area contributed by atoms with Gasteiger partial charge in [-0.2, -0.15) is 0 Å². The Kier molecular flexibility index (Phi) is 11.1. The van der Waals surface area contributed by atoms with Crippen LogP contribution in [0.1, 0.15) is 30.0 Å². The zero-order chi connectivity index (χ0) is 28.0. The number of carbonyl (C=O) groups is 1. The van der Waals surface area contributed by atoms with E-state index >= 15 is 0 Å². The number of benzene rings is 4. The van der Waals surface area contributed by atoms with Gasteiger partial charge >= 0.3 is 7.60 Å². The van der Waals surface area contributed by atoms with E-state index in [1.807, 2.05) is 109 Å². The number of ether oxygens (including phenoxy) is 1. The van der Waals surface area contributed by atoms with Gasteiger partial charge in [0, 0.05) is 13.3 Å². The molecule has 4 aromatic carbocycles. The maximum atomic E-state index is 14.5. The van der Waals surface area contributed by atoms with Crippen LogP contribution < -0.4 is 4.74 Å². The molecule has 0 aromatic heterocycles. The highest BCUT2D eigenvalue weighted by Gasteiger charge is 2.39. The van der Waals surface area contributed by atoms with Gasteiger partial charge in [0.25, 0.3) is 0 Å². The molecule has 4 rings (SSSR count). The second kappa shape index (κ2) is 15.2. The maximum Gasteiger partial charge on any atom is 0.371 e. The highest BCUT2D eigenvalue weighted by molar-refractivity contribution is 7.54. The summed E-state index contributed by atoms with van der Waals surface area (Å²) < 4.78 is 32.9. The van der Waals surface area contributed by atoms with E-state index in [2.05, 4.69) is 0 Å². The standard InChI is InChI=1S/C32H34NO6P/c1-27(34)33(36-24-28-14-6-2-7-15-28)23-22-32(39-31-20-12-5-13-21-31)40(35,37-25-29-16-8-3-9-17-29)38-26-30-18-10-4-11-19-30/h2-21,32H,22-26H2,1H3. The average molecular weight is 560 g/mol. The zero-order valence-corrected chi connectivity index (χ0v) is 23.4. The van der Waals surface area contributed by atoms with Crippen molar-refractivity contribution in [1.29, 1.82) is 0 Å². The summed E-state index contributed by atoms with van der Waals surface area (Å²) >= 11 is 0. The fraction of sp³-hybridized carbons (Fsp3) is 0.219. The number of nitrogens with zero attached hydrogens (tertiary/aromatic N) is 1. The fourth-order valence-corrected chi connectivity index (χ4v) is 5.63. The van der Waals surface area contributed by atoms with Crippen LogP contribution in [0.5, 0.6) is 5.75 Å². The number of hydroxylamine groups is 2. The van der Waals surface area contributed by atoms with Gasteiger partial charge in [0.05, 0.1) is 19.8 Å². The Hall–Kier alpha value is -3.74. The molecule has 1 unspecified atom stereocenters. The normalized spacial score (nSPS) is 12.0. The van der Waals surface area contributed by atoms with Gasteiger partial charge in [0.1, 0.15) is 12.4 Å². The van der Waals surface area contributed by atoms with E-state index in [1.54, 1.807) is 12.1 Å². The SMILES string of the molecule is CC(=O)N(CCC(Oc1ccccc1)P(=O)(OCc1ccccc1)OCc1ccccc1)OCc1ccccc1. The molecule has 8 heteroatoms. The molecule has 0 heterocycles. The minimum absolute atomic E-state index is 0.0719. The first-order valence-electron chi connectivity index (χ1n) is 13.1. The highest BCUT2D eigenvalue weighted by Crippen LogP contribution is 2.56. The third kappa shape index (κ3) is 9.18. The van der Waals surface area contributed by atoms with Crippen LogP contribution in [-0.4, -0.2) is 23.4 Å². The molecule has 0 N–H and O–H groups in total. The van der Waals surface area contributed by atoms with E-state index < -0.39 is 13.4 Å². The predicted octanol–water partition coefficient (Wildman–Crippen LogP) is 7.39. The molecular formula is C32H34NO6P. The van der Waals surface area contributed by atoms with Crippen molar-refractivity contribution in [3.05, 3.63) is 138 Å². The van der Waals surface area contributed by atoms with Gasteiger partial charge < -0.3 is 13.8 Å². The van der Waals surface area contributed by atoms with E-state index in [0.29, 0.717) is 5.75 Å². The molecule has 0 saturated carbocycles. The third-order valence-electron chi connectivity index (χ3n) is 6.04. The first kappa shape index (κ1) is 29.2. The monoisotopic (exact) mass is 559 g/mol. The summed E-state index contributed by atoms with van der Waals surface area (Å²) in [7, 11) is -3.91. The lowest BCUT2D eigenvalue weighted by molar-refractivity contribution is -0.190. The number of carbonyl (C=O) groups excluding carboxylic acids is 1. The van der Waals surface area contributed by atoms with Crippen molar-refractivity contribution in [1.82, 2.24) is 5.06 Å². The number of rotatable bonds is 15. The molecule has 0 aliphatic heterocycles. The lowest BCUT2D eigenvalue weighted by atomic mass is 10.2. The van der Waals surface area contributed by atoms with Crippen LogP contribution in [0.4, 0.5) is 0 Å². The summed E-state index contributed by atoms with van der Waals surface area (Å²) in [5.74, 6) is -0.775. The van der Waals surface area contributed by atoms with Gasteiger partial charge in [0.2, 0.25) is 11.8 Å². The molecular weight excluding hydrogens is 525 g/mol. The molecule has 0 spiro atoms. The number of hydrogen-bond donors (Lipinski definition) is 0. The summed E-state index contributed by atoms with van der Waals surface area (Å²) in [5.41, 5.74) is 2.62. The van der Waals surface area contributed by atoms with Crippen molar-refractivity contribution in [3.8, 4) is 5.75 Å². The summed E-state index contributed by atoms with van der Waals surface area (Å²) in [4.78, 5) is 18.3. The molecule has 0 fully saturated rings. The van der Waals surface area contributed by atoms with Gasteiger partial charge in [-0.05, 0) is 28.8 Å². The van der Waals surface area contributed by atoms with Crippen LogP contribution in [0.15, 0.2) is 121 Å². The smallest absolute Gasteiger partial charge is 0.371 e. The van der Waals surface area contributed by atoms with Gasteiger partial charge in [0.15, 0.2) is 0 Å². The van der Waals surface area contributed by atoms with Gasteiger partial charge in [-0.3, -0.25) is 14.2 Å². The predicted molar refractivity (Wildman–Crippen MR) is 154 cm³/mol. The molecule has 40 heavy (non-hydrogen) atoms. The second-order valence-electron chi connectivity index (χ2n) is 9.11. The minimum atomic E-state index is -3.91. The summed E-state index contributed by atoms with van der Waals surface area (Å²) in [6, 6.07) is 37.6. The van der Waals surface area contributed by atoms with Crippen molar-refractivity contribution < 1.29 is 28.0 Å². The Bertz CT molecular complexity index is 1290. The highest BCUT2D eigenvalue weighted by atomic mass is 31.2.